The number of hydrogen-bond acceptors (Lipinski definition) is 3. The Bertz CT molecular complexity index is 3300. The van der Waals surface area contributed by atoms with E-state index in [1.165, 1.54) is 90.4 Å². The van der Waals surface area contributed by atoms with Crippen molar-refractivity contribution in [1.82, 2.24) is 4.57 Å². The average Bonchev–Trinajstić information content (AvgIpc) is 3.95. The molecule has 1 aliphatic rings. The molecule has 0 atom stereocenters. The van der Waals surface area contributed by atoms with E-state index in [1.807, 2.05) is 22.7 Å². The molecule has 0 N–H and O–H groups in total. The lowest BCUT2D eigenvalue weighted by atomic mass is 9.99. The monoisotopic (exact) mass is 699 g/mol. The van der Waals surface area contributed by atoms with E-state index in [4.69, 9.17) is 4.42 Å². The van der Waals surface area contributed by atoms with Crippen LogP contribution in [0.4, 0.5) is 0 Å². The Morgan fingerprint density at radius 1 is 0.462 bits per heavy atom. The quantitative estimate of drug-likeness (QED) is 0.180. The minimum Gasteiger partial charge on any atom is -0.456 e. The fourth-order valence-electron chi connectivity index (χ4n) is 8.59. The molecule has 0 spiro atoms. The van der Waals surface area contributed by atoms with Gasteiger partial charge in [0, 0.05) is 73.4 Å². The molecule has 4 aromatic heterocycles. The lowest BCUT2D eigenvalue weighted by molar-refractivity contribution is 0.669. The molecule has 0 radical (unpaired) electrons. The van der Waals surface area contributed by atoms with Crippen molar-refractivity contribution in [2.24, 2.45) is 0 Å². The van der Waals surface area contributed by atoms with Crippen molar-refractivity contribution in [2.45, 2.75) is 12.8 Å². The van der Waals surface area contributed by atoms with E-state index in [9.17, 15) is 0 Å². The van der Waals surface area contributed by atoms with Gasteiger partial charge in [0.05, 0.1) is 5.52 Å². The van der Waals surface area contributed by atoms with Crippen LogP contribution in [-0.4, -0.2) is 4.57 Å². The molecule has 0 amide bonds. The summed E-state index contributed by atoms with van der Waals surface area (Å²) in [6.07, 6.45) is 6.78. The van der Waals surface area contributed by atoms with Crippen molar-refractivity contribution in [1.29, 1.82) is 0 Å². The zero-order valence-electron chi connectivity index (χ0n) is 28.0. The van der Waals surface area contributed by atoms with Crippen LogP contribution in [0.3, 0.4) is 0 Å². The van der Waals surface area contributed by atoms with Crippen molar-refractivity contribution >= 4 is 102 Å². The molecule has 0 saturated carbocycles. The maximum atomic E-state index is 6.29. The van der Waals surface area contributed by atoms with E-state index in [-0.39, 0.29) is 0 Å². The number of aromatic nitrogens is 1. The lowest BCUT2D eigenvalue weighted by Crippen LogP contribution is -2.02. The Kier molecular flexibility index (Phi) is 5.96. The number of allylic oxidation sites excluding steroid dienone is 1. The SMILES string of the molecule is C1=Cc2c(n(-c3ccc4sc5cc6c(cc5c4c3)sc3ccc(-c4ccc5oc7ccc(-c8ccccc8)cc7c5c4)cc36)c3ccccc23)CC1. The number of thiophene rings is 2. The second-order valence-corrected chi connectivity index (χ2v) is 16.2. The molecular weight excluding hydrogens is 671 g/mol. The molecule has 0 aliphatic heterocycles. The molecule has 12 rings (SSSR count). The lowest BCUT2D eigenvalue weighted by Gasteiger charge is -2.13. The van der Waals surface area contributed by atoms with Gasteiger partial charge in [0.1, 0.15) is 11.2 Å². The van der Waals surface area contributed by atoms with Gasteiger partial charge < -0.3 is 8.98 Å². The summed E-state index contributed by atoms with van der Waals surface area (Å²) < 4.78 is 14.1. The van der Waals surface area contributed by atoms with Crippen LogP contribution in [0.2, 0.25) is 0 Å². The molecule has 0 fully saturated rings. The van der Waals surface area contributed by atoms with Crippen LogP contribution in [0.15, 0.2) is 150 Å². The summed E-state index contributed by atoms with van der Waals surface area (Å²) in [5, 5.41) is 8.98. The number of hydrogen-bond donors (Lipinski definition) is 0. The topological polar surface area (TPSA) is 18.1 Å². The van der Waals surface area contributed by atoms with Crippen molar-refractivity contribution in [3.63, 3.8) is 0 Å². The molecule has 2 nitrogen and oxygen atoms in total. The van der Waals surface area contributed by atoms with Crippen LogP contribution >= 0.6 is 22.7 Å². The van der Waals surface area contributed by atoms with Crippen LogP contribution in [0.25, 0.3) is 107 Å². The number of rotatable bonds is 3. The number of furan rings is 1. The zero-order valence-corrected chi connectivity index (χ0v) is 29.7. The molecule has 0 unspecified atom stereocenters. The summed E-state index contributed by atoms with van der Waals surface area (Å²) in [6, 6.07) is 51.5. The highest BCUT2D eigenvalue weighted by Gasteiger charge is 2.20. The molecule has 4 heterocycles. The van der Waals surface area contributed by atoms with Gasteiger partial charge in [-0.25, -0.2) is 0 Å². The average molecular weight is 700 g/mol. The number of fused-ring (bicyclic) bond motifs is 12. The highest BCUT2D eigenvalue weighted by Crippen LogP contribution is 2.44. The normalized spacial score (nSPS) is 13.2. The Morgan fingerprint density at radius 2 is 1.06 bits per heavy atom. The molecule has 244 valence electrons. The molecule has 4 heteroatoms. The zero-order chi connectivity index (χ0) is 33.9. The van der Waals surface area contributed by atoms with E-state index < -0.39 is 0 Å². The molecule has 11 aromatic rings. The van der Waals surface area contributed by atoms with Crippen molar-refractivity contribution in [2.75, 3.05) is 0 Å². The van der Waals surface area contributed by atoms with E-state index >= 15 is 0 Å². The maximum Gasteiger partial charge on any atom is 0.135 e. The number of para-hydroxylation sites is 1. The second-order valence-electron chi connectivity index (χ2n) is 14.0. The largest absolute Gasteiger partial charge is 0.456 e. The third kappa shape index (κ3) is 4.16. The number of nitrogens with zero attached hydrogens (tertiary/aromatic N) is 1. The van der Waals surface area contributed by atoms with Crippen LogP contribution in [0, 0.1) is 0 Å². The molecular formula is C48H29NOS2. The van der Waals surface area contributed by atoms with Gasteiger partial charge in [-0.05, 0) is 108 Å². The van der Waals surface area contributed by atoms with Crippen molar-refractivity contribution in [3.8, 4) is 27.9 Å². The van der Waals surface area contributed by atoms with Gasteiger partial charge in [-0.15, -0.1) is 22.7 Å². The Labute approximate surface area is 307 Å². The van der Waals surface area contributed by atoms with E-state index in [0.29, 0.717) is 0 Å². The second kappa shape index (κ2) is 10.8. The van der Waals surface area contributed by atoms with Gasteiger partial charge in [-0.1, -0.05) is 78.9 Å². The third-order valence-corrected chi connectivity index (χ3v) is 13.3. The van der Waals surface area contributed by atoms with Gasteiger partial charge in [0.2, 0.25) is 0 Å². The minimum atomic E-state index is 0.919. The molecule has 0 bridgehead atoms. The standard InChI is InChI=1S/C48H29NOS2/c1-2-8-28(9-3-1)29-14-18-43-35(22-29)36-23-30(15-19-44(36)50-43)31-16-20-45-37(24-31)39-26-48-40(27-47(39)51-45)38-25-32(17-21-46(38)52-48)49-41-12-6-4-10-33(41)34-11-5-7-13-42(34)49/h1-6,8-12,14-27H,7,13H2. The van der Waals surface area contributed by atoms with Gasteiger partial charge in [0.25, 0.3) is 0 Å². The fourth-order valence-corrected chi connectivity index (χ4v) is 10.8. The first-order chi connectivity index (χ1) is 25.7. The molecule has 7 aromatic carbocycles. The predicted octanol–water partition coefficient (Wildman–Crippen LogP) is 14.6. The first-order valence-electron chi connectivity index (χ1n) is 17.9. The summed E-state index contributed by atoms with van der Waals surface area (Å²) >= 11 is 3.80. The van der Waals surface area contributed by atoms with Gasteiger partial charge >= 0.3 is 0 Å². The third-order valence-electron chi connectivity index (χ3n) is 11.1. The summed E-state index contributed by atoms with van der Waals surface area (Å²) in [6.45, 7) is 0. The Balaban J connectivity index is 0.983. The maximum absolute atomic E-state index is 6.29. The molecule has 0 saturated heterocycles. The summed E-state index contributed by atoms with van der Waals surface area (Å²) in [7, 11) is 0. The van der Waals surface area contributed by atoms with Crippen LogP contribution < -0.4 is 0 Å². The van der Waals surface area contributed by atoms with Crippen LogP contribution in [0.5, 0.6) is 0 Å². The van der Waals surface area contributed by atoms with E-state index in [1.54, 1.807) is 0 Å². The summed E-state index contributed by atoms with van der Waals surface area (Å²) in [5.74, 6) is 0. The van der Waals surface area contributed by atoms with Crippen LogP contribution in [0.1, 0.15) is 17.7 Å². The van der Waals surface area contributed by atoms with Gasteiger partial charge in [-0.2, -0.15) is 0 Å². The molecule has 1 aliphatic carbocycles. The summed E-state index contributed by atoms with van der Waals surface area (Å²) in [4.78, 5) is 0. The van der Waals surface area contributed by atoms with Crippen molar-refractivity contribution < 1.29 is 4.42 Å². The molecule has 52 heavy (non-hydrogen) atoms. The number of benzene rings is 7. The highest BCUT2D eigenvalue weighted by atomic mass is 32.1. The fraction of sp³-hybridized carbons (Fsp3) is 0.0417. The van der Waals surface area contributed by atoms with Crippen LogP contribution in [-0.2, 0) is 6.42 Å². The highest BCUT2D eigenvalue weighted by molar-refractivity contribution is 7.27. The van der Waals surface area contributed by atoms with E-state index in [2.05, 4.69) is 156 Å². The predicted molar refractivity (Wildman–Crippen MR) is 225 cm³/mol. The van der Waals surface area contributed by atoms with Gasteiger partial charge in [-0.3, -0.25) is 0 Å². The Hall–Kier alpha value is -5.94. The summed E-state index contributed by atoms with van der Waals surface area (Å²) in [5.41, 5.74) is 12.0. The first kappa shape index (κ1) is 28.7. The minimum absolute atomic E-state index is 0.919. The Morgan fingerprint density at radius 3 is 1.81 bits per heavy atom. The van der Waals surface area contributed by atoms with Crippen molar-refractivity contribution in [3.05, 3.63) is 157 Å². The first-order valence-corrected chi connectivity index (χ1v) is 19.5. The smallest absolute Gasteiger partial charge is 0.135 e. The van der Waals surface area contributed by atoms with E-state index in [0.717, 1.165) is 34.8 Å². The van der Waals surface area contributed by atoms with Gasteiger partial charge in [0.15, 0.2) is 0 Å².